The second-order valence-electron chi connectivity index (χ2n) is 9.09. The van der Waals surface area contributed by atoms with Gasteiger partial charge < -0.3 is 14.2 Å². The van der Waals surface area contributed by atoms with Crippen LogP contribution in [0.1, 0.15) is 49.1 Å². The minimum atomic E-state index is -0.574. The summed E-state index contributed by atoms with van der Waals surface area (Å²) in [7, 11) is 1.62. The molecule has 3 rings (SSSR count). The molecule has 1 amide bonds. The first-order valence-corrected chi connectivity index (χ1v) is 10.6. The van der Waals surface area contributed by atoms with E-state index in [1.165, 1.54) is 0 Å². The summed E-state index contributed by atoms with van der Waals surface area (Å²) in [5.74, 6) is 0.735. The number of anilines is 1. The number of aryl methyl sites for hydroxylation is 2. The standard InChI is InChI=1S/C26H31NO5/c1-15-9-10-19(12-21(15)31-14-23(28)32-26(5,6)7)24-18(4)25(29)27(24)20-11-16(2)17(3)22(13-20)30-8/h9-13,24H,4,14H2,1-3,5-8H3/t24-/m1/s1. The fourth-order valence-corrected chi connectivity index (χ4v) is 3.70. The lowest BCUT2D eigenvalue weighted by Crippen LogP contribution is -2.48. The Morgan fingerprint density at radius 2 is 1.75 bits per heavy atom. The van der Waals surface area contributed by atoms with Crippen LogP contribution < -0.4 is 14.4 Å². The Hall–Kier alpha value is -3.28. The van der Waals surface area contributed by atoms with Gasteiger partial charge in [0, 0.05) is 17.3 Å². The molecule has 6 heteroatoms. The van der Waals surface area contributed by atoms with Crippen molar-refractivity contribution >= 4 is 17.6 Å². The molecule has 1 heterocycles. The zero-order chi connectivity index (χ0) is 23.8. The lowest BCUT2D eigenvalue weighted by atomic mass is 9.87. The number of β-lactam (4-membered cyclic amide) rings is 1. The Bertz CT molecular complexity index is 1080. The van der Waals surface area contributed by atoms with Crippen molar-refractivity contribution in [3.05, 3.63) is 64.7 Å². The van der Waals surface area contributed by atoms with Gasteiger partial charge in [0.1, 0.15) is 17.1 Å². The van der Waals surface area contributed by atoms with E-state index < -0.39 is 11.6 Å². The third-order valence-corrected chi connectivity index (χ3v) is 5.48. The molecule has 0 aromatic heterocycles. The summed E-state index contributed by atoms with van der Waals surface area (Å²) in [6, 6.07) is 9.24. The summed E-state index contributed by atoms with van der Waals surface area (Å²) in [5, 5.41) is 0. The van der Waals surface area contributed by atoms with E-state index in [-0.39, 0.29) is 18.6 Å². The Morgan fingerprint density at radius 1 is 1.06 bits per heavy atom. The molecule has 6 nitrogen and oxygen atoms in total. The molecule has 1 aliphatic heterocycles. The number of methoxy groups -OCH3 is 1. The molecule has 0 bridgehead atoms. The molecule has 0 unspecified atom stereocenters. The van der Waals surface area contributed by atoms with Crippen molar-refractivity contribution in [2.45, 2.75) is 53.2 Å². The summed E-state index contributed by atoms with van der Waals surface area (Å²) in [6.45, 7) is 15.1. The van der Waals surface area contributed by atoms with Gasteiger partial charge in [-0.15, -0.1) is 0 Å². The van der Waals surface area contributed by atoms with E-state index in [1.54, 1.807) is 12.0 Å². The smallest absolute Gasteiger partial charge is 0.344 e. The van der Waals surface area contributed by atoms with Crippen molar-refractivity contribution in [3.63, 3.8) is 0 Å². The predicted octanol–water partition coefficient (Wildman–Crippen LogP) is 4.99. The first-order valence-electron chi connectivity index (χ1n) is 10.6. The predicted molar refractivity (Wildman–Crippen MR) is 124 cm³/mol. The highest BCUT2D eigenvalue weighted by Gasteiger charge is 2.43. The largest absolute Gasteiger partial charge is 0.496 e. The Morgan fingerprint density at radius 3 is 2.38 bits per heavy atom. The normalized spacial score (nSPS) is 16.0. The van der Waals surface area contributed by atoms with E-state index in [0.29, 0.717) is 11.3 Å². The van der Waals surface area contributed by atoms with Crippen molar-refractivity contribution in [3.8, 4) is 11.5 Å². The van der Waals surface area contributed by atoms with Gasteiger partial charge in [0.25, 0.3) is 5.91 Å². The number of amides is 1. The second-order valence-corrected chi connectivity index (χ2v) is 9.09. The lowest BCUT2D eigenvalue weighted by molar-refractivity contribution is -0.157. The molecule has 0 radical (unpaired) electrons. The van der Waals surface area contributed by atoms with Crippen LogP contribution in [0.2, 0.25) is 0 Å². The van der Waals surface area contributed by atoms with Gasteiger partial charge in [0.2, 0.25) is 0 Å². The van der Waals surface area contributed by atoms with Gasteiger partial charge in [-0.1, -0.05) is 18.7 Å². The SMILES string of the molecule is C=C1C(=O)N(c2cc(C)c(C)c(OC)c2)[C@H]1c1ccc(C)c(OCC(=O)OC(C)(C)C)c1. The Balaban J connectivity index is 1.88. The fourth-order valence-electron chi connectivity index (χ4n) is 3.70. The number of carbonyl (C=O) groups is 2. The summed E-state index contributed by atoms with van der Waals surface area (Å²) in [5.41, 5.74) is 4.49. The van der Waals surface area contributed by atoms with Crippen LogP contribution in [0.25, 0.3) is 0 Å². The van der Waals surface area contributed by atoms with Gasteiger partial charge in [-0.3, -0.25) is 9.69 Å². The van der Waals surface area contributed by atoms with Gasteiger partial charge >= 0.3 is 5.97 Å². The second kappa shape index (κ2) is 8.69. The van der Waals surface area contributed by atoms with Crippen molar-refractivity contribution in [2.75, 3.05) is 18.6 Å². The van der Waals surface area contributed by atoms with Crippen molar-refractivity contribution in [2.24, 2.45) is 0 Å². The maximum Gasteiger partial charge on any atom is 0.344 e. The average molecular weight is 438 g/mol. The lowest BCUT2D eigenvalue weighted by Gasteiger charge is -2.43. The van der Waals surface area contributed by atoms with E-state index in [2.05, 4.69) is 6.58 Å². The van der Waals surface area contributed by atoms with E-state index in [9.17, 15) is 9.59 Å². The number of ether oxygens (including phenoxy) is 3. The van der Waals surface area contributed by atoms with Gasteiger partial charge in [0.05, 0.1) is 13.2 Å². The molecule has 2 aromatic rings. The Labute approximate surface area is 189 Å². The molecule has 0 aliphatic carbocycles. The van der Waals surface area contributed by atoms with Crippen LogP contribution in [0.15, 0.2) is 42.5 Å². The third kappa shape index (κ3) is 4.64. The van der Waals surface area contributed by atoms with Crippen molar-refractivity contribution < 1.29 is 23.8 Å². The molecule has 1 fully saturated rings. The van der Waals surface area contributed by atoms with Crippen LogP contribution >= 0.6 is 0 Å². The third-order valence-electron chi connectivity index (χ3n) is 5.48. The molecule has 170 valence electrons. The number of hydrogen-bond donors (Lipinski definition) is 0. The Kier molecular flexibility index (Phi) is 6.35. The topological polar surface area (TPSA) is 65.1 Å². The molecular formula is C26H31NO5. The number of carbonyl (C=O) groups excluding carboxylic acids is 2. The van der Waals surface area contributed by atoms with Crippen LogP contribution in [0.4, 0.5) is 5.69 Å². The van der Waals surface area contributed by atoms with Crippen LogP contribution in [0.5, 0.6) is 11.5 Å². The number of rotatable bonds is 6. The zero-order valence-electron chi connectivity index (χ0n) is 19.9. The molecule has 1 saturated heterocycles. The van der Waals surface area contributed by atoms with Gasteiger partial charge in [-0.2, -0.15) is 0 Å². The van der Waals surface area contributed by atoms with E-state index in [4.69, 9.17) is 14.2 Å². The van der Waals surface area contributed by atoms with Gasteiger partial charge in [-0.05, 0) is 75.9 Å². The quantitative estimate of drug-likeness (QED) is 0.362. The maximum atomic E-state index is 12.7. The van der Waals surface area contributed by atoms with Crippen LogP contribution in [0, 0.1) is 20.8 Å². The number of esters is 1. The number of hydrogen-bond acceptors (Lipinski definition) is 5. The van der Waals surface area contributed by atoms with Gasteiger partial charge in [-0.25, -0.2) is 4.79 Å². The van der Waals surface area contributed by atoms with Crippen LogP contribution in [-0.2, 0) is 14.3 Å². The maximum absolute atomic E-state index is 12.7. The molecule has 0 saturated carbocycles. The molecular weight excluding hydrogens is 406 g/mol. The van der Waals surface area contributed by atoms with Crippen LogP contribution in [-0.4, -0.2) is 31.2 Å². The summed E-state index contributed by atoms with van der Waals surface area (Å²) in [4.78, 5) is 26.5. The highest BCUT2D eigenvalue weighted by molar-refractivity contribution is 6.15. The highest BCUT2D eigenvalue weighted by Crippen LogP contribution is 2.44. The first-order chi connectivity index (χ1) is 14.9. The molecule has 0 spiro atoms. The van der Waals surface area contributed by atoms with E-state index in [0.717, 1.165) is 33.7 Å². The molecule has 1 aliphatic rings. The minimum Gasteiger partial charge on any atom is -0.496 e. The minimum absolute atomic E-state index is 0.128. The molecule has 1 atom stereocenters. The molecule has 2 aromatic carbocycles. The number of nitrogens with zero attached hydrogens (tertiary/aromatic N) is 1. The first kappa shape index (κ1) is 23.4. The molecule has 0 N–H and O–H groups in total. The fraction of sp³-hybridized carbons (Fsp3) is 0.385. The monoisotopic (exact) mass is 437 g/mol. The zero-order valence-corrected chi connectivity index (χ0v) is 19.9. The van der Waals surface area contributed by atoms with Crippen LogP contribution in [0.3, 0.4) is 0 Å². The average Bonchev–Trinajstić information content (AvgIpc) is 2.71. The highest BCUT2D eigenvalue weighted by atomic mass is 16.6. The number of benzene rings is 2. The summed E-state index contributed by atoms with van der Waals surface area (Å²) in [6.07, 6.45) is 0. The molecule has 32 heavy (non-hydrogen) atoms. The van der Waals surface area contributed by atoms with Crippen molar-refractivity contribution in [1.82, 2.24) is 0 Å². The van der Waals surface area contributed by atoms with Crippen molar-refractivity contribution in [1.29, 1.82) is 0 Å². The van der Waals surface area contributed by atoms with E-state index in [1.807, 2.05) is 71.9 Å². The summed E-state index contributed by atoms with van der Waals surface area (Å²) < 4.78 is 16.6. The van der Waals surface area contributed by atoms with Gasteiger partial charge in [0.15, 0.2) is 6.61 Å². The van der Waals surface area contributed by atoms with E-state index >= 15 is 0 Å². The summed E-state index contributed by atoms with van der Waals surface area (Å²) >= 11 is 0.